The number of ether oxygens (including phenoxy) is 1. The molecule has 1 saturated heterocycles. The molecule has 7 heteroatoms. The number of nitrogens with one attached hydrogen (secondary N) is 1. The molecule has 0 bridgehead atoms. The van der Waals surface area contributed by atoms with Gasteiger partial charge in [0.25, 0.3) is 0 Å². The van der Waals surface area contributed by atoms with E-state index in [1.54, 1.807) is 13.4 Å². The molecule has 1 aliphatic rings. The van der Waals surface area contributed by atoms with Crippen LogP contribution in [-0.2, 0) is 13.5 Å². The van der Waals surface area contributed by atoms with E-state index in [2.05, 4.69) is 15.5 Å². The number of carbonyl (C=O) groups excluding carboxylic acids is 1. The van der Waals surface area contributed by atoms with Crippen molar-refractivity contribution >= 4 is 6.03 Å². The lowest BCUT2D eigenvalue weighted by atomic mass is 9.97. The number of amides is 2. The maximum Gasteiger partial charge on any atom is 0.317 e. The first-order chi connectivity index (χ1) is 12.2. The van der Waals surface area contributed by atoms with Crippen LogP contribution in [-0.4, -0.2) is 52.4 Å². The molecule has 1 aromatic carbocycles. The fourth-order valence-electron chi connectivity index (χ4n) is 3.25. The quantitative estimate of drug-likeness (QED) is 0.901. The predicted molar refractivity (Wildman–Crippen MR) is 94.6 cm³/mol. The predicted octanol–water partition coefficient (Wildman–Crippen LogP) is 1.96. The topological polar surface area (TPSA) is 72.3 Å². The third-order valence-corrected chi connectivity index (χ3v) is 4.67. The molecule has 2 aromatic rings. The Labute approximate surface area is 148 Å². The second kappa shape index (κ2) is 8.00. The highest BCUT2D eigenvalue weighted by Crippen LogP contribution is 2.24. The van der Waals surface area contributed by atoms with Crippen LogP contribution in [0.15, 0.2) is 30.6 Å². The van der Waals surface area contributed by atoms with Crippen molar-refractivity contribution in [3.63, 3.8) is 0 Å². The Morgan fingerprint density at radius 3 is 2.84 bits per heavy atom. The Kier molecular flexibility index (Phi) is 5.53. The zero-order valence-corrected chi connectivity index (χ0v) is 14.8. The summed E-state index contributed by atoms with van der Waals surface area (Å²) in [5.41, 5.74) is 1.18. The number of hydrogen-bond donors (Lipinski definition) is 1. The molecule has 1 aromatic heterocycles. The number of aromatic nitrogens is 3. The van der Waals surface area contributed by atoms with Crippen LogP contribution in [0.1, 0.15) is 30.1 Å². The summed E-state index contributed by atoms with van der Waals surface area (Å²) in [6, 6.07) is 7.92. The lowest BCUT2D eigenvalue weighted by Gasteiger charge is -2.32. The lowest BCUT2D eigenvalue weighted by Crippen LogP contribution is -2.45. The van der Waals surface area contributed by atoms with E-state index in [4.69, 9.17) is 4.74 Å². The van der Waals surface area contributed by atoms with Crippen molar-refractivity contribution in [2.75, 3.05) is 26.7 Å². The van der Waals surface area contributed by atoms with E-state index < -0.39 is 0 Å². The number of carbonyl (C=O) groups is 1. The molecule has 3 rings (SSSR count). The number of nitrogens with zero attached hydrogens (tertiary/aromatic N) is 4. The molecule has 7 nitrogen and oxygen atoms in total. The van der Waals surface area contributed by atoms with Crippen molar-refractivity contribution < 1.29 is 9.53 Å². The molecule has 2 heterocycles. The molecule has 0 aliphatic carbocycles. The fourth-order valence-corrected chi connectivity index (χ4v) is 3.25. The minimum absolute atomic E-state index is 0.000352. The summed E-state index contributed by atoms with van der Waals surface area (Å²) >= 11 is 0. The minimum atomic E-state index is 0.000352. The van der Waals surface area contributed by atoms with Gasteiger partial charge in [-0.15, -0.1) is 10.2 Å². The van der Waals surface area contributed by atoms with E-state index in [9.17, 15) is 4.79 Å². The summed E-state index contributed by atoms with van der Waals surface area (Å²) < 4.78 is 7.09. The fraction of sp³-hybridized carbons (Fsp3) is 0.500. The zero-order valence-electron chi connectivity index (χ0n) is 14.8. The maximum atomic E-state index is 12.4. The molecule has 0 spiro atoms. The van der Waals surface area contributed by atoms with E-state index in [1.165, 1.54) is 5.56 Å². The van der Waals surface area contributed by atoms with Gasteiger partial charge in [0.15, 0.2) is 0 Å². The molecule has 134 valence electrons. The van der Waals surface area contributed by atoms with E-state index in [0.717, 1.165) is 37.4 Å². The Bertz CT molecular complexity index is 698. The Hall–Kier alpha value is -2.57. The number of urea groups is 1. The number of hydrogen-bond acceptors (Lipinski definition) is 4. The van der Waals surface area contributed by atoms with Gasteiger partial charge in [-0.2, -0.15) is 0 Å². The summed E-state index contributed by atoms with van der Waals surface area (Å²) in [6.45, 7) is 2.11. The maximum absolute atomic E-state index is 12.4. The van der Waals surface area contributed by atoms with Crippen LogP contribution in [0.4, 0.5) is 4.79 Å². The van der Waals surface area contributed by atoms with Crippen molar-refractivity contribution in [3.8, 4) is 5.75 Å². The van der Waals surface area contributed by atoms with Gasteiger partial charge in [0.05, 0.1) is 7.11 Å². The molecule has 0 unspecified atom stereocenters. The molecule has 0 radical (unpaired) electrons. The number of rotatable bonds is 5. The average Bonchev–Trinajstić information content (AvgIpc) is 3.08. The standard InChI is InChI=1S/C18H25N5O2/c1-22-13-20-21-17(22)15-4-3-11-23(12-15)18(24)19-10-9-14-5-7-16(25-2)8-6-14/h5-8,13,15H,3-4,9-12H2,1-2H3,(H,19,24)/t15-/m0/s1. The third kappa shape index (κ3) is 4.29. The molecule has 1 atom stereocenters. The summed E-state index contributed by atoms with van der Waals surface area (Å²) in [5.74, 6) is 2.06. The van der Waals surface area contributed by atoms with Crippen LogP contribution < -0.4 is 10.1 Å². The number of methoxy groups -OCH3 is 1. The Balaban J connectivity index is 1.48. The minimum Gasteiger partial charge on any atom is -0.497 e. The molecular weight excluding hydrogens is 318 g/mol. The van der Waals surface area contributed by atoms with Gasteiger partial charge >= 0.3 is 6.03 Å². The third-order valence-electron chi connectivity index (χ3n) is 4.67. The van der Waals surface area contributed by atoms with Crippen molar-refractivity contribution in [3.05, 3.63) is 42.0 Å². The number of benzene rings is 1. The summed E-state index contributed by atoms with van der Waals surface area (Å²) in [6.07, 6.45) is 4.55. The van der Waals surface area contributed by atoms with E-state index >= 15 is 0 Å². The first kappa shape index (κ1) is 17.3. The number of likely N-dealkylation sites (tertiary alicyclic amines) is 1. The van der Waals surface area contributed by atoms with Gasteiger partial charge in [0.2, 0.25) is 0 Å². The molecule has 2 amide bonds. The van der Waals surface area contributed by atoms with Crippen LogP contribution in [0, 0.1) is 0 Å². The Morgan fingerprint density at radius 1 is 1.36 bits per heavy atom. The first-order valence-electron chi connectivity index (χ1n) is 8.67. The highest BCUT2D eigenvalue weighted by molar-refractivity contribution is 5.74. The molecule has 25 heavy (non-hydrogen) atoms. The van der Waals surface area contributed by atoms with Crippen LogP contribution in [0.5, 0.6) is 5.75 Å². The second-order valence-electron chi connectivity index (χ2n) is 6.42. The van der Waals surface area contributed by atoms with Crippen LogP contribution >= 0.6 is 0 Å². The highest BCUT2D eigenvalue weighted by Gasteiger charge is 2.27. The molecular formula is C18H25N5O2. The zero-order chi connectivity index (χ0) is 17.6. The monoisotopic (exact) mass is 343 g/mol. The number of aryl methyl sites for hydroxylation is 1. The van der Waals surface area contributed by atoms with Crippen LogP contribution in [0.2, 0.25) is 0 Å². The number of piperidine rings is 1. The molecule has 0 saturated carbocycles. The van der Waals surface area contributed by atoms with Gasteiger partial charge in [-0.1, -0.05) is 12.1 Å². The molecule has 1 N–H and O–H groups in total. The summed E-state index contributed by atoms with van der Waals surface area (Å²) in [4.78, 5) is 14.3. The van der Waals surface area contributed by atoms with Crippen LogP contribution in [0.25, 0.3) is 0 Å². The molecule has 1 fully saturated rings. The highest BCUT2D eigenvalue weighted by atomic mass is 16.5. The van der Waals surface area contributed by atoms with Gasteiger partial charge < -0.3 is 19.5 Å². The largest absolute Gasteiger partial charge is 0.497 e. The normalized spacial score (nSPS) is 17.4. The van der Waals surface area contributed by atoms with Crippen molar-refractivity contribution in [1.29, 1.82) is 0 Å². The molecule has 1 aliphatic heterocycles. The van der Waals surface area contributed by atoms with E-state index in [1.807, 2.05) is 40.8 Å². The van der Waals surface area contributed by atoms with Gasteiger partial charge in [-0.05, 0) is 37.0 Å². The lowest BCUT2D eigenvalue weighted by molar-refractivity contribution is 0.178. The van der Waals surface area contributed by atoms with Crippen molar-refractivity contribution in [2.45, 2.75) is 25.2 Å². The van der Waals surface area contributed by atoms with Gasteiger partial charge in [0.1, 0.15) is 17.9 Å². The van der Waals surface area contributed by atoms with E-state index in [0.29, 0.717) is 13.1 Å². The SMILES string of the molecule is COc1ccc(CCNC(=O)N2CCC[C@H](c3nncn3C)C2)cc1. The van der Waals surface area contributed by atoms with Gasteiger partial charge in [-0.3, -0.25) is 0 Å². The second-order valence-corrected chi connectivity index (χ2v) is 6.42. The Morgan fingerprint density at radius 2 is 2.16 bits per heavy atom. The summed E-state index contributed by atoms with van der Waals surface area (Å²) in [5, 5.41) is 11.2. The van der Waals surface area contributed by atoms with Crippen molar-refractivity contribution in [2.24, 2.45) is 7.05 Å². The van der Waals surface area contributed by atoms with E-state index in [-0.39, 0.29) is 11.9 Å². The van der Waals surface area contributed by atoms with Gasteiger partial charge in [-0.25, -0.2) is 4.79 Å². The smallest absolute Gasteiger partial charge is 0.317 e. The average molecular weight is 343 g/mol. The summed E-state index contributed by atoms with van der Waals surface area (Å²) in [7, 11) is 3.60. The van der Waals surface area contributed by atoms with Crippen LogP contribution in [0.3, 0.4) is 0 Å². The van der Waals surface area contributed by atoms with Gasteiger partial charge in [0, 0.05) is 32.6 Å². The first-order valence-corrected chi connectivity index (χ1v) is 8.67. The van der Waals surface area contributed by atoms with Crippen molar-refractivity contribution in [1.82, 2.24) is 25.0 Å².